The van der Waals surface area contributed by atoms with Gasteiger partial charge in [-0.25, -0.2) is 0 Å². The van der Waals surface area contributed by atoms with Crippen LogP contribution in [0.15, 0.2) is 170 Å². The van der Waals surface area contributed by atoms with Gasteiger partial charge >= 0.3 is 17.9 Å². The molecule has 0 aliphatic rings. The Balaban J connectivity index is 4.41. The summed E-state index contributed by atoms with van der Waals surface area (Å²) in [5.41, 5.74) is 0. The van der Waals surface area contributed by atoms with Gasteiger partial charge in [0.15, 0.2) is 6.10 Å². The number of carbonyl (C=O) groups excluding carboxylic acids is 3. The molecule has 0 fully saturated rings. The van der Waals surface area contributed by atoms with E-state index in [1.165, 1.54) is 77.0 Å². The Bertz CT molecular complexity index is 1860. The van der Waals surface area contributed by atoms with Gasteiger partial charge in [-0.3, -0.25) is 14.4 Å². The first-order valence-electron chi connectivity index (χ1n) is 32.6. The Morgan fingerprint density at radius 3 is 0.815 bits per heavy atom. The molecule has 0 saturated heterocycles. The van der Waals surface area contributed by atoms with Crippen molar-refractivity contribution in [2.45, 2.75) is 271 Å². The number of hydrogen-bond donors (Lipinski definition) is 0. The van der Waals surface area contributed by atoms with E-state index in [1.807, 2.05) is 12.2 Å². The molecule has 0 heterocycles. The molecule has 0 aromatic rings. The van der Waals surface area contributed by atoms with Crippen LogP contribution in [-0.4, -0.2) is 37.2 Å². The Morgan fingerprint density at radius 1 is 0.259 bits per heavy atom. The number of rotatable bonds is 57. The molecule has 0 radical (unpaired) electrons. The summed E-state index contributed by atoms with van der Waals surface area (Å²) >= 11 is 0. The van der Waals surface area contributed by atoms with Gasteiger partial charge in [0, 0.05) is 19.3 Å². The van der Waals surface area contributed by atoms with E-state index in [4.69, 9.17) is 14.2 Å². The third-order valence-electron chi connectivity index (χ3n) is 13.2. The lowest BCUT2D eigenvalue weighted by molar-refractivity contribution is -0.166. The first kappa shape index (κ1) is 75.8. The molecule has 6 nitrogen and oxygen atoms in total. The van der Waals surface area contributed by atoms with Crippen molar-refractivity contribution in [3.05, 3.63) is 170 Å². The highest BCUT2D eigenvalue weighted by atomic mass is 16.6. The van der Waals surface area contributed by atoms with Crippen LogP contribution >= 0.6 is 0 Å². The highest BCUT2D eigenvalue weighted by Crippen LogP contribution is 2.14. The van der Waals surface area contributed by atoms with Crippen molar-refractivity contribution in [2.75, 3.05) is 13.2 Å². The van der Waals surface area contributed by atoms with Crippen molar-refractivity contribution in [2.24, 2.45) is 0 Å². The third-order valence-corrected chi connectivity index (χ3v) is 13.2. The standard InChI is InChI=1S/C75H118O6/c1-4-7-10-13-16-19-22-25-27-29-31-32-33-34-35-36-37-38-39-40-41-42-44-45-47-50-53-56-59-62-65-68-74(77)80-71-72(70-79-73(76)67-64-61-58-55-52-49-24-21-18-15-12-9-6-3)81-75(78)69-66-63-60-57-54-51-48-46-43-30-28-26-23-20-17-14-11-8-5-2/h7-8,10-11,16-17,19-21,24-28,31-32,34-35,37-38,40-41,43,46,51,54,60,63,72H,4-6,9,12-15,18,22-23,29-30,33,36,39,42,44-45,47-50,52-53,55-59,61-62,64-71H2,1-3H3/b10-7-,11-8-,19-16-,20-17-,24-21-,27-25-,28-26-,32-31-,35-34-,38-37-,41-40-,46-43-,54-51-,63-60-. The second-order valence-electron chi connectivity index (χ2n) is 20.9. The first-order chi connectivity index (χ1) is 40.0. The largest absolute Gasteiger partial charge is 0.462 e. The van der Waals surface area contributed by atoms with Gasteiger partial charge in [0.1, 0.15) is 13.2 Å². The van der Waals surface area contributed by atoms with Crippen molar-refractivity contribution in [3.63, 3.8) is 0 Å². The van der Waals surface area contributed by atoms with Crippen molar-refractivity contribution < 1.29 is 28.6 Å². The van der Waals surface area contributed by atoms with E-state index in [2.05, 4.69) is 179 Å². The fourth-order valence-electron chi connectivity index (χ4n) is 8.38. The maximum absolute atomic E-state index is 12.9. The predicted molar refractivity (Wildman–Crippen MR) is 352 cm³/mol. The zero-order chi connectivity index (χ0) is 58.5. The molecule has 0 amide bonds. The summed E-state index contributed by atoms with van der Waals surface area (Å²) in [6, 6.07) is 0. The molecular weight excluding hydrogens is 997 g/mol. The van der Waals surface area contributed by atoms with Crippen LogP contribution in [0.25, 0.3) is 0 Å². The lowest BCUT2D eigenvalue weighted by Crippen LogP contribution is -2.30. The Morgan fingerprint density at radius 2 is 0.506 bits per heavy atom. The van der Waals surface area contributed by atoms with Crippen LogP contribution in [0.4, 0.5) is 0 Å². The van der Waals surface area contributed by atoms with Crippen molar-refractivity contribution >= 4 is 17.9 Å². The van der Waals surface area contributed by atoms with E-state index in [-0.39, 0.29) is 31.6 Å². The number of esters is 3. The monoisotopic (exact) mass is 1110 g/mol. The molecule has 1 atom stereocenters. The number of allylic oxidation sites excluding steroid dienone is 28. The van der Waals surface area contributed by atoms with Crippen LogP contribution in [0, 0.1) is 0 Å². The van der Waals surface area contributed by atoms with Crippen LogP contribution in [0.2, 0.25) is 0 Å². The minimum Gasteiger partial charge on any atom is -0.462 e. The van der Waals surface area contributed by atoms with Crippen LogP contribution in [0.1, 0.15) is 265 Å². The summed E-state index contributed by atoms with van der Waals surface area (Å²) in [6.07, 6.45) is 99.4. The van der Waals surface area contributed by atoms with Crippen LogP contribution in [0.5, 0.6) is 0 Å². The van der Waals surface area contributed by atoms with Gasteiger partial charge in [-0.15, -0.1) is 0 Å². The SMILES string of the molecule is CC/C=C\C/C=C\C/C=C\C/C=C\C/C=C\C/C=C\C/C=C\CCCCCCCCCCCC(=O)OCC(COC(=O)CCCCCCC/C=C\CCCCCC)OC(=O)CC/C=C\C/C=C\C/C=C\C/C=C\C/C=C\C/C=C\CC. The molecule has 0 aliphatic carbocycles. The smallest absolute Gasteiger partial charge is 0.306 e. The highest BCUT2D eigenvalue weighted by molar-refractivity contribution is 5.71. The van der Waals surface area contributed by atoms with Crippen molar-refractivity contribution in [1.82, 2.24) is 0 Å². The molecule has 0 N–H and O–H groups in total. The van der Waals surface area contributed by atoms with E-state index >= 15 is 0 Å². The van der Waals surface area contributed by atoms with Gasteiger partial charge in [-0.05, 0) is 141 Å². The molecule has 0 aliphatic heterocycles. The quantitative estimate of drug-likeness (QED) is 0.0261. The average Bonchev–Trinajstić information content (AvgIpc) is 3.46. The lowest BCUT2D eigenvalue weighted by Gasteiger charge is -2.18. The van der Waals surface area contributed by atoms with Crippen LogP contribution < -0.4 is 0 Å². The van der Waals surface area contributed by atoms with Gasteiger partial charge in [0.25, 0.3) is 0 Å². The number of carbonyl (C=O) groups is 3. The summed E-state index contributed by atoms with van der Waals surface area (Å²) in [7, 11) is 0. The van der Waals surface area contributed by atoms with Crippen LogP contribution in [-0.2, 0) is 28.6 Å². The lowest BCUT2D eigenvalue weighted by atomic mass is 10.1. The molecule has 454 valence electrons. The predicted octanol–water partition coefficient (Wildman–Crippen LogP) is 22.7. The second kappa shape index (κ2) is 67.3. The average molecular weight is 1120 g/mol. The minimum atomic E-state index is -0.834. The van der Waals surface area contributed by atoms with Gasteiger partial charge in [0.05, 0.1) is 0 Å². The second-order valence-corrected chi connectivity index (χ2v) is 20.9. The summed E-state index contributed by atoms with van der Waals surface area (Å²) < 4.78 is 16.8. The zero-order valence-electron chi connectivity index (χ0n) is 52.0. The maximum atomic E-state index is 12.9. The van der Waals surface area contributed by atoms with Gasteiger partial charge < -0.3 is 14.2 Å². The Kier molecular flexibility index (Phi) is 62.9. The first-order valence-corrected chi connectivity index (χ1v) is 32.6. The van der Waals surface area contributed by atoms with E-state index in [1.54, 1.807) is 0 Å². The number of ether oxygens (including phenoxy) is 3. The maximum Gasteiger partial charge on any atom is 0.306 e. The number of hydrogen-bond acceptors (Lipinski definition) is 6. The molecule has 6 heteroatoms. The number of unbranched alkanes of at least 4 members (excludes halogenated alkanes) is 18. The minimum absolute atomic E-state index is 0.121. The molecule has 1 unspecified atom stereocenters. The summed E-state index contributed by atoms with van der Waals surface area (Å²) in [6.45, 7) is 6.32. The van der Waals surface area contributed by atoms with E-state index in [0.29, 0.717) is 19.3 Å². The molecule has 0 aromatic carbocycles. The van der Waals surface area contributed by atoms with Crippen LogP contribution in [0.3, 0.4) is 0 Å². The summed E-state index contributed by atoms with van der Waals surface area (Å²) in [4.78, 5) is 38.3. The molecule has 0 spiro atoms. The summed E-state index contributed by atoms with van der Waals surface area (Å²) in [5.74, 6) is -1.02. The van der Waals surface area contributed by atoms with Crippen molar-refractivity contribution in [1.29, 1.82) is 0 Å². The van der Waals surface area contributed by atoms with Gasteiger partial charge in [-0.1, -0.05) is 274 Å². The van der Waals surface area contributed by atoms with E-state index in [9.17, 15) is 14.4 Å². The van der Waals surface area contributed by atoms with Gasteiger partial charge in [0.2, 0.25) is 0 Å². The zero-order valence-corrected chi connectivity index (χ0v) is 52.0. The van der Waals surface area contributed by atoms with Crippen molar-refractivity contribution in [3.8, 4) is 0 Å². The molecule has 0 rings (SSSR count). The normalized spacial score (nSPS) is 13.3. The summed E-state index contributed by atoms with van der Waals surface area (Å²) in [5, 5.41) is 0. The molecule has 0 aromatic heterocycles. The highest BCUT2D eigenvalue weighted by Gasteiger charge is 2.19. The molecule has 81 heavy (non-hydrogen) atoms. The Hall–Kier alpha value is -5.23. The molecular formula is C75H118O6. The van der Waals surface area contributed by atoms with E-state index < -0.39 is 12.1 Å². The Labute approximate surface area is 498 Å². The van der Waals surface area contributed by atoms with E-state index in [0.717, 1.165) is 141 Å². The molecule has 0 saturated carbocycles. The fourth-order valence-corrected chi connectivity index (χ4v) is 8.38. The third kappa shape index (κ3) is 65.5. The van der Waals surface area contributed by atoms with Gasteiger partial charge in [-0.2, -0.15) is 0 Å². The fraction of sp³-hybridized carbons (Fsp3) is 0.587. The topological polar surface area (TPSA) is 78.9 Å². The molecule has 0 bridgehead atoms.